The van der Waals surface area contributed by atoms with Crippen molar-refractivity contribution in [3.8, 4) is 5.75 Å². The molecule has 0 unspecified atom stereocenters. The summed E-state index contributed by atoms with van der Waals surface area (Å²) in [5, 5.41) is 4.42. The third-order valence-electron chi connectivity index (χ3n) is 4.67. The lowest BCUT2D eigenvalue weighted by Gasteiger charge is -2.15. The van der Waals surface area contributed by atoms with Crippen LogP contribution in [0, 0.1) is 5.82 Å². The second-order valence-corrected chi connectivity index (χ2v) is 8.57. The summed E-state index contributed by atoms with van der Waals surface area (Å²) in [7, 11) is -1.91. The highest BCUT2D eigenvalue weighted by molar-refractivity contribution is 7.90. The molecule has 5 nitrogen and oxygen atoms in total. The van der Waals surface area contributed by atoms with Crippen LogP contribution in [-0.2, 0) is 16.3 Å². The Morgan fingerprint density at radius 2 is 2.04 bits per heavy atom. The van der Waals surface area contributed by atoms with Crippen molar-refractivity contribution in [2.45, 2.75) is 24.3 Å². The standard InChI is InChI=1S/C20H23FN2O3S/c1-13(14-7-8-19(16(21)11-14)27(3,24)25)22-10-9-15-12-23-17-5-4-6-18(26-2)20(15)17/h4-8,11-13,22-23H,9-10H2,1-3H3/t13-/m0/s1. The molecule has 2 aromatic carbocycles. The molecule has 3 aromatic rings. The lowest BCUT2D eigenvalue weighted by Crippen LogP contribution is -2.21. The molecule has 0 fully saturated rings. The van der Waals surface area contributed by atoms with Gasteiger partial charge in [0.2, 0.25) is 0 Å². The highest BCUT2D eigenvalue weighted by Crippen LogP contribution is 2.28. The molecule has 27 heavy (non-hydrogen) atoms. The van der Waals surface area contributed by atoms with Crippen LogP contribution in [0.5, 0.6) is 5.75 Å². The van der Waals surface area contributed by atoms with Gasteiger partial charge in [0.15, 0.2) is 9.84 Å². The average Bonchev–Trinajstić information content (AvgIpc) is 3.03. The number of fused-ring (bicyclic) bond motifs is 1. The molecule has 1 heterocycles. The van der Waals surface area contributed by atoms with Gasteiger partial charge in [0, 0.05) is 29.4 Å². The van der Waals surface area contributed by atoms with E-state index in [1.165, 1.54) is 12.1 Å². The van der Waals surface area contributed by atoms with E-state index < -0.39 is 15.7 Å². The molecule has 7 heteroatoms. The zero-order valence-electron chi connectivity index (χ0n) is 15.5. The Balaban J connectivity index is 1.68. The Morgan fingerprint density at radius 3 is 2.70 bits per heavy atom. The lowest BCUT2D eigenvalue weighted by atomic mass is 10.1. The number of sulfone groups is 1. The normalized spacial score (nSPS) is 13.0. The minimum absolute atomic E-state index is 0.111. The number of hydrogen-bond donors (Lipinski definition) is 2. The van der Waals surface area contributed by atoms with Gasteiger partial charge in [0.1, 0.15) is 16.5 Å². The van der Waals surface area contributed by atoms with E-state index in [2.05, 4.69) is 10.3 Å². The van der Waals surface area contributed by atoms with Gasteiger partial charge in [0.05, 0.1) is 7.11 Å². The number of halogens is 1. The van der Waals surface area contributed by atoms with Gasteiger partial charge < -0.3 is 15.0 Å². The second-order valence-electron chi connectivity index (χ2n) is 6.58. The van der Waals surface area contributed by atoms with E-state index in [0.717, 1.165) is 34.9 Å². The number of methoxy groups -OCH3 is 1. The molecular weight excluding hydrogens is 367 g/mol. The maximum atomic E-state index is 14.1. The summed E-state index contributed by atoms with van der Waals surface area (Å²) in [6, 6.07) is 10.0. The first-order valence-corrected chi connectivity index (χ1v) is 10.6. The van der Waals surface area contributed by atoms with Crippen LogP contribution in [0.2, 0.25) is 0 Å². The molecule has 0 aliphatic heterocycles. The summed E-state index contributed by atoms with van der Waals surface area (Å²) in [6.45, 7) is 2.60. The number of nitrogens with one attached hydrogen (secondary N) is 2. The fraction of sp³-hybridized carbons (Fsp3) is 0.300. The van der Waals surface area contributed by atoms with E-state index in [0.29, 0.717) is 12.1 Å². The summed E-state index contributed by atoms with van der Waals surface area (Å²) in [6.07, 6.45) is 3.75. The monoisotopic (exact) mass is 390 g/mol. The van der Waals surface area contributed by atoms with Crippen LogP contribution in [0.4, 0.5) is 4.39 Å². The minimum atomic E-state index is -3.56. The summed E-state index contributed by atoms with van der Waals surface area (Å²) in [5.41, 5.74) is 2.87. The van der Waals surface area contributed by atoms with Gasteiger partial charge >= 0.3 is 0 Å². The summed E-state index contributed by atoms with van der Waals surface area (Å²) in [4.78, 5) is 2.97. The number of H-pyrrole nitrogens is 1. The van der Waals surface area contributed by atoms with Crippen LogP contribution in [-0.4, -0.2) is 33.3 Å². The van der Waals surface area contributed by atoms with Crippen LogP contribution in [0.25, 0.3) is 10.9 Å². The van der Waals surface area contributed by atoms with Crippen LogP contribution in [0.1, 0.15) is 24.1 Å². The van der Waals surface area contributed by atoms with Crippen molar-refractivity contribution in [3.63, 3.8) is 0 Å². The van der Waals surface area contributed by atoms with Gasteiger partial charge in [-0.2, -0.15) is 0 Å². The van der Waals surface area contributed by atoms with Gasteiger partial charge in [-0.3, -0.25) is 0 Å². The second kappa shape index (κ2) is 7.70. The number of aromatic amines is 1. The molecule has 0 radical (unpaired) electrons. The zero-order valence-corrected chi connectivity index (χ0v) is 16.4. The molecule has 0 bridgehead atoms. The molecule has 1 aromatic heterocycles. The van der Waals surface area contributed by atoms with Crippen LogP contribution in [0.3, 0.4) is 0 Å². The maximum absolute atomic E-state index is 14.1. The molecule has 3 rings (SSSR count). The minimum Gasteiger partial charge on any atom is -0.496 e. The van der Waals surface area contributed by atoms with Crippen molar-refractivity contribution in [3.05, 3.63) is 59.5 Å². The van der Waals surface area contributed by atoms with Crippen molar-refractivity contribution < 1.29 is 17.5 Å². The molecule has 0 saturated heterocycles. The summed E-state index contributed by atoms with van der Waals surface area (Å²) >= 11 is 0. The third-order valence-corrected chi connectivity index (χ3v) is 5.80. The molecular formula is C20H23FN2O3S. The molecule has 0 aliphatic carbocycles. The van der Waals surface area contributed by atoms with E-state index >= 15 is 0 Å². The first-order chi connectivity index (χ1) is 12.8. The van der Waals surface area contributed by atoms with Gasteiger partial charge in [-0.15, -0.1) is 0 Å². The van der Waals surface area contributed by atoms with Crippen LogP contribution in [0.15, 0.2) is 47.5 Å². The average molecular weight is 390 g/mol. The van der Waals surface area contributed by atoms with E-state index in [4.69, 9.17) is 4.74 Å². The molecule has 2 N–H and O–H groups in total. The van der Waals surface area contributed by atoms with Crippen LogP contribution >= 0.6 is 0 Å². The van der Waals surface area contributed by atoms with Gasteiger partial charge in [-0.1, -0.05) is 12.1 Å². The third kappa shape index (κ3) is 4.14. The van der Waals surface area contributed by atoms with E-state index in [-0.39, 0.29) is 10.9 Å². The number of aromatic nitrogens is 1. The Kier molecular flexibility index (Phi) is 5.53. The first kappa shape index (κ1) is 19.4. The molecule has 0 amide bonds. The van der Waals surface area contributed by atoms with Crippen molar-refractivity contribution in [2.24, 2.45) is 0 Å². The zero-order chi connectivity index (χ0) is 19.6. The van der Waals surface area contributed by atoms with Crippen molar-refractivity contribution >= 4 is 20.7 Å². The van der Waals surface area contributed by atoms with E-state index in [9.17, 15) is 12.8 Å². The fourth-order valence-electron chi connectivity index (χ4n) is 3.22. The number of rotatable bonds is 7. The number of benzene rings is 2. The molecule has 1 atom stereocenters. The van der Waals surface area contributed by atoms with E-state index in [1.54, 1.807) is 13.2 Å². The highest BCUT2D eigenvalue weighted by Gasteiger charge is 2.16. The van der Waals surface area contributed by atoms with Crippen molar-refractivity contribution in [2.75, 3.05) is 19.9 Å². The summed E-state index contributed by atoms with van der Waals surface area (Å²) < 4.78 is 42.6. The Morgan fingerprint density at radius 1 is 1.26 bits per heavy atom. The Labute approximate surface area is 158 Å². The smallest absolute Gasteiger partial charge is 0.178 e. The summed E-state index contributed by atoms with van der Waals surface area (Å²) in [5.74, 6) is 0.111. The van der Waals surface area contributed by atoms with Gasteiger partial charge in [-0.25, -0.2) is 12.8 Å². The van der Waals surface area contributed by atoms with Crippen molar-refractivity contribution in [1.82, 2.24) is 10.3 Å². The number of ether oxygens (including phenoxy) is 1. The number of hydrogen-bond acceptors (Lipinski definition) is 4. The predicted molar refractivity (Wildman–Crippen MR) is 104 cm³/mol. The first-order valence-electron chi connectivity index (χ1n) is 8.67. The fourth-order valence-corrected chi connectivity index (χ4v) is 3.94. The van der Waals surface area contributed by atoms with Crippen LogP contribution < -0.4 is 10.1 Å². The molecule has 144 valence electrons. The molecule has 0 spiro atoms. The molecule has 0 saturated carbocycles. The lowest BCUT2D eigenvalue weighted by molar-refractivity contribution is 0.419. The SMILES string of the molecule is COc1cccc2[nH]cc(CCN[C@@H](C)c3ccc(S(C)(=O)=O)c(F)c3)c12. The molecule has 0 aliphatic rings. The largest absolute Gasteiger partial charge is 0.496 e. The van der Waals surface area contributed by atoms with Gasteiger partial charge in [0.25, 0.3) is 0 Å². The maximum Gasteiger partial charge on any atom is 0.178 e. The topological polar surface area (TPSA) is 71.2 Å². The van der Waals surface area contributed by atoms with Crippen molar-refractivity contribution in [1.29, 1.82) is 0 Å². The quantitative estimate of drug-likeness (QED) is 0.646. The highest BCUT2D eigenvalue weighted by atomic mass is 32.2. The van der Waals surface area contributed by atoms with E-state index in [1.807, 2.05) is 31.3 Å². The Hall–Kier alpha value is -2.38. The predicted octanol–water partition coefficient (Wildman–Crippen LogP) is 3.61. The van der Waals surface area contributed by atoms with Gasteiger partial charge in [-0.05, 0) is 55.3 Å². The Bertz CT molecular complexity index is 1060.